The van der Waals surface area contributed by atoms with Crippen molar-refractivity contribution in [2.45, 2.75) is 32.3 Å². The Kier molecular flexibility index (Phi) is 5.23. The minimum Gasteiger partial charge on any atom is -0.457 e. The Labute approximate surface area is 126 Å². The number of hydrogen-bond acceptors (Lipinski definition) is 3. The average Bonchev–Trinajstić information content (AvgIpc) is 2.55. The number of rotatable bonds is 7. The van der Waals surface area contributed by atoms with E-state index in [0.29, 0.717) is 6.54 Å². The molecule has 0 fully saturated rings. The minimum absolute atomic E-state index is 0.554. The molecule has 2 aromatic rings. The Morgan fingerprint density at radius 1 is 0.905 bits per heavy atom. The number of para-hydroxylation sites is 1. The van der Waals surface area contributed by atoms with Gasteiger partial charge in [0.1, 0.15) is 11.5 Å². The zero-order chi connectivity index (χ0) is 15.1. The minimum atomic E-state index is -0.640. The van der Waals surface area contributed by atoms with Crippen LogP contribution in [0.15, 0.2) is 54.6 Å². The van der Waals surface area contributed by atoms with Crippen molar-refractivity contribution in [1.82, 2.24) is 0 Å². The van der Waals surface area contributed by atoms with Gasteiger partial charge in [0.15, 0.2) is 0 Å². The fourth-order valence-electron chi connectivity index (χ4n) is 2.03. The maximum atomic E-state index is 10.3. The molecule has 0 spiro atoms. The first-order valence-electron chi connectivity index (χ1n) is 7.44. The van der Waals surface area contributed by atoms with Crippen LogP contribution in [0.25, 0.3) is 0 Å². The van der Waals surface area contributed by atoms with Crippen LogP contribution in [-0.2, 0) is 0 Å². The summed E-state index contributed by atoms with van der Waals surface area (Å²) in [6.07, 6.45) is 1.48. The number of benzene rings is 2. The molecule has 3 heteroatoms. The molecule has 0 unspecified atom stereocenters. The zero-order valence-electron chi connectivity index (χ0n) is 12.7. The normalized spacial score (nSPS) is 11.2. The lowest BCUT2D eigenvalue weighted by Gasteiger charge is -2.26. The van der Waals surface area contributed by atoms with E-state index in [-0.39, 0.29) is 0 Å². The molecule has 2 aromatic carbocycles. The zero-order valence-corrected chi connectivity index (χ0v) is 12.7. The fraction of sp³-hybridized carbons (Fsp3) is 0.333. The van der Waals surface area contributed by atoms with Gasteiger partial charge in [-0.3, -0.25) is 0 Å². The molecule has 0 saturated carbocycles. The molecule has 0 aliphatic heterocycles. The van der Waals surface area contributed by atoms with Crippen LogP contribution < -0.4 is 10.1 Å². The maximum Gasteiger partial charge on any atom is 0.127 e. The van der Waals surface area contributed by atoms with Crippen LogP contribution in [0.4, 0.5) is 5.69 Å². The summed E-state index contributed by atoms with van der Waals surface area (Å²) in [7, 11) is 0. The summed E-state index contributed by atoms with van der Waals surface area (Å²) in [5.41, 5.74) is 0.342. The van der Waals surface area contributed by atoms with E-state index in [1.54, 1.807) is 0 Å². The summed E-state index contributed by atoms with van der Waals surface area (Å²) >= 11 is 0. The van der Waals surface area contributed by atoms with Crippen LogP contribution in [0.5, 0.6) is 11.5 Å². The van der Waals surface area contributed by atoms with Gasteiger partial charge in [-0.1, -0.05) is 32.0 Å². The van der Waals surface area contributed by atoms with Crippen molar-refractivity contribution in [1.29, 1.82) is 0 Å². The Morgan fingerprint density at radius 3 is 2.05 bits per heavy atom. The van der Waals surface area contributed by atoms with Crippen molar-refractivity contribution < 1.29 is 9.84 Å². The van der Waals surface area contributed by atoms with Crippen LogP contribution in [-0.4, -0.2) is 17.3 Å². The van der Waals surface area contributed by atoms with E-state index in [1.807, 2.05) is 68.4 Å². The molecule has 2 rings (SSSR count). The summed E-state index contributed by atoms with van der Waals surface area (Å²) in [6, 6.07) is 17.5. The smallest absolute Gasteiger partial charge is 0.127 e. The summed E-state index contributed by atoms with van der Waals surface area (Å²) < 4.78 is 5.74. The molecule has 112 valence electrons. The second kappa shape index (κ2) is 7.14. The van der Waals surface area contributed by atoms with Gasteiger partial charge >= 0.3 is 0 Å². The predicted molar refractivity (Wildman–Crippen MR) is 87.0 cm³/mol. The van der Waals surface area contributed by atoms with Gasteiger partial charge < -0.3 is 15.2 Å². The molecule has 0 heterocycles. The third-order valence-electron chi connectivity index (χ3n) is 3.77. The first-order chi connectivity index (χ1) is 10.1. The van der Waals surface area contributed by atoms with E-state index in [0.717, 1.165) is 30.0 Å². The van der Waals surface area contributed by atoms with Crippen LogP contribution in [0.2, 0.25) is 0 Å². The molecule has 0 atom stereocenters. The van der Waals surface area contributed by atoms with Crippen molar-refractivity contribution in [3.8, 4) is 11.5 Å². The SMILES string of the molecule is CCC(O)(CC)CNc1ccc(Oc2ccccc2)cc1. The lowest BCUT2D eigenvalue weighted by atomic mass is 9.97. The standard InChI is InChI=1S/C18H23NO2/c1-3-18(20,4-2)14-19-15-10-12-17(13-11-15)21-16-8-6-5-7-9-16/h5-13,19-20H,3-4,14H2,1-2H3. The lowest BCUT2D eigenvalue weighted by molar-refractivity contribution is 0.0457. The average molecular weight is 285 g/mol. The van der Waals surface area contributed by atoms with Crippen molar-refractivity contribution >= 4 is 5.69 Å². The van der Waals surface area contributed by atoms with Crippen molar-refractivity contribution in [2.75, 3.05) is 11.9 Å². The van der Waals surface area contributed by atoms with Gasteiger partial charge in [-0.15, -0.1) is 0 Å². The molecule has 0 aliphatic rings. The number of nitrogens with one attached hydrogen (secondary N) is 1. The van der Waals surface area contributed by atoms with E-state index >= 15 is 0 Å². The molecule has 0 amide bonds. The van der Waals surface area contributed by atoms with Crippen LogP contribution in [0.1, 0.15) is 26.7 Å². The highest BCUT2D eigenvalue weighted by Crippen LogP contribution is 2.23. The summed E-state index contributed by atoms with van der Waals surface area (Å²) in [5.74, 6) is 1.62. The van der Waals surface area contributed by atoms with Crippen molar-refractivity contribution in [3.63, 3.8) is 0 Å². The molecule has 2 N–H and O–H groups in total. The van der Waals surface area contributed by atoms with Gasteiger partial charge in [0, 0.05) is 12.2 Å². The number of anilines is 1. The third kappa shape index (κ3) is 4.50. The number of aliphatic hydroxyl groups is 1. The summed E-state index contributed by atoms with van der Waals surface area (Å²) in [4.78, 5) is 0. The van der Waals surface area contributed by atoms with Gasteiger partial charge in [0.2, 0.25) is 0 Å². The second-order valence-electron chi connectivity index (χ2n) is 5.22. The quantitative estimate of drug-likeness (QED) is 0.790. The molecule has 0 saturated heterocycles. The Hall–Kier alpha value is -2.00. The second-order valence-corrected chi connectivity index (χ2v) is 5.22. The molecule has 21 heavy (non-hydrogen) atoms. The molecule has 0 aromatic heterocycles. The molecule has 0 radical (unpaired) electrons. The molecule has 0 bridgehead atoms. The predicted octanol–water partition coefficient (Wildman–Crippen LogP) is 4.44. The van der Waals surface area contributed by atoms with E-state index in [4.69, 9.17) is 4.74 Å². The third-order valence-corrected chi connectivity index (χ3v) is 3.77. The van der Waals surface area contributed by atoms with Crippen LogP contribution in [0.3, 0.4) is 0 Å². The van der Waals surface area contributed by atoms with Gasteiger partial charge in [-0.25, -0.2) is 0 Å². The van der Waals surface area contributed by atoms with Gasteiger partial charge in [-0.2, -0.15) is 0 Å². The van der Waals surface area contributed by atoms with E-state index in [1.165, 1.54) is 0 Å². The fourth-order valence-corrected chi connectivity index (χ4v) is 2.03. The monoisotopic (exact) mass is 285 g/mol. The Balaban J connectivity index is 1.93. The van der Waals surface area contributed by atoms with Crippen LogP contribution in [0, 0.1) is 0 Å². The maximum absolute atomic E-state index is 10.3. The molecule has 0 aliphatic carbocycles. The molecule has 3 nitrogen and oxygen atoms in total. The largest absolute Gasteiger partial charge is 0.457 e. The number of hydrogen-bond donors (Lipinski definition) is 2. The first-order valence-corrected chi connectivity index (χ1v) is 7.44. The van der Waals surface area contributed by atoms with Crippen molar-refractivity contribution in [2.24, 2.45) is 0 Å². The van der Waals surface area contributed by atoms with Crippen LogP contribution >= 0.6 is 0 Å². The van der Waals surface area contributed by atoms with Crippen molar-refractivity contribution in [3.05, 3.63) is 54.6 Å². The Bertz CT molecular complexity index is 533. The van der Waals surface area contributed by atoms with E-state index in [9.17, 15) is 5.11 Å². The topological polar surface area (TPSA) is 41.5 Å². The summed E-state index contributed by atoms with van der Waals surface area (Å²) in [6.45, 7) is 4.56. The Morgan fingerprint density at radius 2 is 1.48 bits per heavy atom. The van der Waals surface area contributed by atoms with Gasteiger partial charge in [0.25, 0.3) is 0 Å². The molecular formula is C18H23NO2. The highest BCUT2D eigenvalue weighted by Gasteiger charge is 2.21. The van der Waals surface area contributed by atoms with Gasteiger partial charge in [-0.05, 0) is 49.2 Å². The first kappa shape index (κ1) is 15.4. The van der Waals surface area contributed by atoms with E-state index < -0.39 is 5.60 Å². The van der Waals surface area contributed by atoms with Gasteiger partial charge in [0.05, 0.1) is 5.60 Å². The highest BCUT2D eigenvalue weighted by molar-refractivity contribution is 5.47. The van der Waals surface area contributed by atoms with E-state index in [2.05, 4.69) is 5.32 Å². The summed E-state index contributed by atoms with van der Waals surface area (Å²) in [5, 5.41) is 13.5. The number of ether oxygens (including phenoxy) is 1. The molecular weight excluding hydrogens is 262 g/mol. The lowest BCUT2D eigenvalue weighted by Crippen LogP contribution is -2.35. The highest BCUT2D eigenvalue weighted by atomic mass is 16.5.